The molecule has 1 aliphatic rings. The average molecular weight is 435 g/mol. The van der Waals surface area contributed by atoms with E-state index >= 15 is 0 Å². The monoisotopic (exact) mass is 434 g/mol. The summed E-state index contributed by atoms with van der Waals surface area (Å²) in [6.45, 7) is 6.55. The highest BCUT2D eigenvalue weighted by molar-refractivity contribution is 8.00. The average Bonchev–Trinajstić information content (AvgIpc) is 3.40. The van der Waals surface area contributed by atoms with E-state index in [9.17, 15) is 9.59 Å². The van der Waals surface area contributed by atoms with Gasteiger partial charge in [0.15, 0.2) is 0 Å². The van der Waals surface area contributed by atoms with E-state index in [2.05, 4.69) is 37.4 Å². The summed E-state index contributed by atoms with van der Waals surface area (Å²) < 4.78 is 5.41. The molecule has 3 aromatic rings. The normalized spacial score (nSPS) is 17.1. The summed E-state index contributed by atoms with van der Waals surface area (Å²) in [5.41, 5.74) is 5.07. The Morgan fingerprint density at radius 3 is 2.68 bits per heavy atom. The van der Waals surface area contributed by atoms with Crippen molar-refractivity contribution in [3.8, 4) is 0 Å². The molecule has 2 heterocycles. The molecule has 1 fully saturated rings. The first-order valence-electron chi connectivity index (χ1n) is 10.3. The van der Waals surface area contributed by atoms with Crippen LogP contribution in [0.1, 0.15) is 56.7 Å². The number of nitrogens with one attached hydrogen (secondary N) is 1. The van der Waals surface area contributed by atoms with Crippen LogP contribution in [0.3, 0.4) is 0 Å². The van der Waals surface area contributed by atoms with Crippen LogP contribution in [0, 0.1) is 13.8 Å². The van der Waals surface area contributed by atoms with E-state index in [0.29, 0.717) is 17.9 Å². The summed E-state index contributed by atoms with van der Waals surface area (Å²) in [5, 5.41) is 3.01. The number of carbonyl (C=O) groups excluding carboxylic acids is 2. The Labute approximate surface area is 186 Å². The van der Waals surface area contributed by atoms with E-state index in [1.165, 1.54) is 5.56 Å². The molecular formula is C25H26N2O3S. The van der Waals surface area contributed by atoms with Crippen molar-refractivity contribution in [1.82, 2.24) is 10.2 Å². The van der Waals surface area contributed by atoms with Crippen LogP contribution in [0.25, 0.3) is 0 Å². The van der Waals surface area contributed by atoms with Gasteiger partial charge in [0.1, 0.15) is 11.1 Å². The lowest BCUT2D eigenvalue weighted by Gasteiger charge is -2.23. The minimum Gasteiger partial charge on any atom is -0.467 e. The summed E-state index contributed by atoms with van der Waals surface area (Å²) in [6.07, 6.45) is 1.62. The Morgan fingerprint density at radius 1 is 1.19 bits per heavy atom. The number of nitrogens with zero attached hydrogens (tertiary/aromatic N) is 1. The van der Waals surface area contributed by atoms with Gasteiger partial charge >= 0.3 is 0 Å². The van der Waals surface area contributed by atoms with Gasteiger partial charge in [0, 0.05) is 5.56 Å². The summed E-state index contributed by atoms with van der Waals surface area (Å²) in [5.74, 6) is 1.19. The van der Waals surface area contributed by atoms with Gasteiger partial charge in [-0.3, -0.25) is 9.59 Å². The van der Waals surface area contributed by atoms with Crippen LogP contribution < -0.4 is 5.32 Å². The maximum atomic E-state index is 12.8. The second kappa shape index (κ2) is 9.02. The molecule has 2 amide bonds. The predicted octanol–water partition coefficient (Wildman–Crippen LogP) is 5.16. The molecule has 2 atom stereocenters. The first-order chi connectivity index (χ1) is 14.9. The Hall–Kier alpha value is -2.99. The zero-order valence-corrected chi connectivity index (χ0v) is 18.7. The molecule has 0 unspecified atom stereocenters. The molecule has 0 saturated carbocycles. The number of aryl methyl sites for hydroxylation is 2. The molecule has 1 N–H and O–H groups in total. The first-order valence-corrected chi connectivity index (χ1v) is 11.4. The largest absolute Gasteiger partial charge is 0.467 e. The molecule has 0 aliphatic carbocycles. The molecule has 4 rings (SSSR count). The third-order valence-electron chi connectivity index (χ3n) is 5.58. The van der Waals surface area contributed by atoms with E-state index in [4.69, 9.17) is 4.42 Å². The SMILES string of the molecule is Cc1ccc(C)c([C@@H](C)NC(=O)c2ccc([C@@H]3SCC(=O)N3Cc3ccco3)cc2)c1. The van der Waals surface area contributed by atoms with Gasteiger partial charge < -0.3 is 14.6 Å². The van der Waals surface area contributed by atoms with E-state index in [-0.39, 0.29) is 23.2 Å². The fraction of sp³-hybridized carbons (Fsp3) is 0.280. The highest BCUT2D eigenvalue weighted by Crippen LogP contribution is 2.39. The fourth-order valence-corrected chi connectivity index (χ4v) is 5.04. The molecule has 1 saturated heterocycles. The van der Waals surface area contributed by atoms with Crippen molar-refractivity contribution in [1.29, 1.82) is 0 Å². The van der Waals surface area contributed by atoms with Gasteiger partial charge in [-0.25, -0.2) is 0 Å². The fourth-order valence-electron chi connectivity index (χ4n) is 3.85. The molecule has 2 aromatic carbocycles. The minimum absolute atomic E-state index is 0.0800. The molecule has 31 heavy (non-hydrogen) atoms. The van der Waals surface area contributed by atoms with E-state index < -0.39 is 0 Å². The number of amides is 2. The standard InChI is InChI=1S/C25H26N2O3S/c1-16-6-7-17(2)22(13-16)18(3)26-24(29)19-8-10-20(11-9-19)25-27(23(28)15-31-25)14-21-5-4-12-30-21/h4-13,18,25H,14-15H2,1-3H3,(H,26,29)/t18-,25+/m1/s1. The van der Waals surface area contributed by atoms with Gasteiger partial charge in [0.2, 0.25) is 5.91 Å². The molecule has 1 aliphatic heterocycles. The van der Waals surface area contributed by atoms with Crippen LogP contribution in [-0.4, -0.2) is 22.5 Å². The number of hydrogen-bond acceptors (Lipinski definition) is 4. The van der Waals surface area contributed by atoms with E-state index in [1.807, 2.05) is 48.2 Å². The number of hydrogen-bond donors (Lipinski definition) is 1. The molecule has 0 bridgehead atoms. The van der Waals surface area contributed by atoms with Crippen molar-refractivity contribution >= 4 is 23.6 Å². The zero-order valence-electron chi connectivity index (χ0n) is 17.9. The van der Waals surface area contributed by atoms with Crippen molar-refractivity contribution in [3.63, 3.8) is 0 Å². The lowest BCUT2D eigenvalue weighted by Crippen LogP contribution is -2.28. The van der Waals surface area contributed by atoms with Gasteiger partial charge in [-0.2, -0.15) is 0 Å². The maximum absolute atomic E-state index is 12.8. The Kier molecular flexibility index (Phi) is 6.18. The van der Waals surface area contributed by atoms with Crippen molar-refractivity contribution < 1.29 is 14.0 Å². The van der Waals surface area contributed by atoms with Crippen molar-refractivity contribution in [2.45, 2.75) is 38.7 Å². The second-order valence-electron chi connectivity index (χ2n) is 7.94. The highest BCUT2D eigenvalue weighted by atomic mass is 32.2. The van der Waals surface area contributed by atoms with E-state index in [1.54, 1.807) is 18.0 Å². The van der Waals surface area contributed by atoms with Gasteiger partial charge in [0.25, 0.3) is 5.91 Å². The summed E-state index contributed by atoms with van der Waals surface area (Å²) in [6, 6.07) is 17.4. The second-order valence-corrected chi connectivity index (χ2v) is 9.01. The third-order valence-corrected chi connectivity index (χ3v) is 6.84. The van der Waals surface area contributed by atoms with E-state index in [0.717, 1.165) is 22.5 Å². The van der Waals surface area contributed by atoms with Crippen molar-refractivity contribution in [2.75, 3.05) is 5.75 Å². The third kappa shape index (κ3) is 4.69. The number of thioether (sulfide) groups is 1. The molecule has 0 radical (unpaired) electrons. The van der Waals surface area contributed by atoms with Crippen LogP contribution in [0.2, 0.25) is 0 Å². The molecule has 6 heteroatoms. The molecule has 5 nitrogen and oxygen atoms in total. The summed E-state index contributed by atoms with van der Waals surface area (Å²) in [7, 11) is 0. The predicted molar refractivity (Wildman–Crippen MR) is 123 cm³/mol. The summed E-state index contributed by atoms with van der Waals surface area (Å²) in [4.78, 5) is 27.0. The lowest BCUT2D eigenvalue weighted by molar-refractivity contribution is -0.128. The van der Waals surface area contributed by atoms with Crippen LogP contribution in [0.15, 0.2) is 65.3 Å². The van der Waals surface area contributed by atoms with Gasteiger partial charge in [0.05, 0.1) is 24.6 Å². The van der Waals surface area contributed by atoms with Gasteiger partial charge in [-0.1, -0.05) is 35.9 Å². The zero-order chi connectivity index (χ0) is 22.0. The minimum atomic E-state index is -0.109. The molecular weight excluding hydrogens is 408 g/mol. The smallest absolute Gasteiger partial charge is 0.251 e. The van der Waals surface area contributed by atoms with Gasteiger partial charge in [-0.15, -0.1) is 11.8 Å². The summed E-state index contributed by atoms with van der Waals surface area (Å²) >= 11 is 1.59. The number of furan rings is 1. The molecule has 1 aromatic heterocycles. The van der Waals surface area contributed by atoms with Crippen LogP contribution in [0.5, 0.6) is 0 Å². The quantitative estimate of drug-likeness (QED) is 0.582. The van der Waals surface area contributed by atoms with Crippen LogP contribution in [0.4, 0.5) is 0 Å². The van der Waals surface area contributed by atoms with Crippen molar-refractivity contribution in [3.05, 3.63) is 94.4 Å². The number of rotatable bonds is 6. The van der Waals surface area contributed by atoms with Crippen LogP contribution >= 0.6 is 11.8 Å². The lowest BCUT2D eigenvalue weighted by atomic mass is 9.99. The van der Waals surface area contributed by atoms with Gasteiger partial charge in [-0.05, 0) is 61.7 Å². The Bertz CT molecular complexity index is 1080. The highest BCUT2D eigenvalue weighted by Gasteiger charge is 2.33. The molecule has 0 spiro atoms. The maximum Gasteiger partial charge on any atom is 0.251 e. The topological polar surface area (TPSA) is 62.6 Å². The number of benzene rings is 2. The number of carbonyl (C=O) groups is 2. The first kappa shape index (κ1) is 21.2. The Balaban J connectivity index is 1.45. The van der Waals surface area contributed by atoms with Crippen molar-refractivity contribution in [2.24, 2.45) is 0 Å². The molecule has 160 valence electrons. The van der Waals surface area contributed by atoms with Crippen LogP contribution in [-0.2, 0) is 11.3 Å². The Morgan fingerprint density at radius 2 is 1.97 bits per heavy atom.